The van der Waals surface area contributed by atoms with Crippen LogP contribution in [0.1, 0.15) is 18.1 Å². The number of allylic oxidation sites excluding steroid dienone is 1. The standard InChI is InChI=1S/C21H24N2O3/c1-14(2)23-18-13-16(4)15(3)12-17(18)22(21(23)24)10-11-26-20-9-7-6-8-19(20)25-5/h6-9,12-13H,1,10-11H2,2-5H3. The van der Waals surface area contributed by atoms with Gasteiger partial charge in [-0.3, -0.25) is 9.13 Å². The van der Waals surface area contributed by atoms with Crippen molar-refractivity contribution in [3.05, 3.63) is 64.6 Å². The molecule has 136 valence electrons. The second-order valence-electron chi connectivity index (χ2n) is 6.43. The van der Waals surface area contributed by atoms with Gasteiger partial charge in [0.05, 0.1) is 24.7 Å². The molecule has 0 saturated heterocycles. The SMILES string of the molecule is C=C(C)n1c(=O)n(CCOc2ccccc2OC)c2cc(C)c(C)cc21. The van der Waals surface area contributed by atoms with Crippen LogP contribution in [-0.4, -0.2) is 22.9 Å². The van der Waals surface area contributed by atoms with Crippen LogP contribution >= 0.6 is 0 Å². The number of imidazole rings is 1. The lowest BCUT2D eigenvalue weighted by atomic mass is 10.1. The Morgan fingerprint density at radius 2 is 1.69 bits per heavy atom. The third kappa shape index (κ3) is 3.12. The molecular formula is C21H24N2O3. The summed E-state index contributed by atoms with van der Waals surface area (Å²) in [6.45, 7) is 10.7. The van der Waals surface area contributed by atoms with Gasteiger partial charge in [-0.25, -0.2) is 4.79 Å². The van der Waals surface area contributed by atoms with Crippen LogP contribution in [-0.2, 0) is 6.54 Å². The van der Waals surface area contributed by atoms with Gasteiger partial charge in [0, 0.05) is 5.70 Å². The van der Waals surface area contributed by atoms with Crippen molar-refractivity contribution in [1.29, 1.82) is 0 Å². The van der Waals surface area contributed by atoms with Crippen molar-refractivity contribution in [1.82, 2.24) is 9.13 Å². The number of nitrogens with zero attached hydrogens (tertiary/aromatic N) is 2. The second kappa shape index (κ2) is 7.12. The van der Waals surface area contributed by atoms with Crippen molar-refractivity contribution in [3.63, 3.8) is 0 Å². The molecule has 3 rings (SSSR count). The smallest absolute Gasteiger partial charge is 0.333 e. The molecular weight excluding hydrogens is 328 g/mol. The number of ether oxygens (including phenoxy) is 2. The normalized spacial score (nSPS) is 10.9. The molecule has 0 bridgehead atoms. The quantitative estimate of drug-likeness (QED) is 0.674. The Morgan fingerprint density at radius 3 is 2.31 bits per heavy atom. The van der Waals surface area contributed by atoms with Crippen molar-refractivity contribution < 1.29 is 9.47 Å². The predicted molar refractivity (Wildman–Crippen MR) is 105 cm³/mol. The van der Waals surface area contributed by atoms with Gasteiger partial charge in [-0.2, -0.15) is 0 Å². The van der Waals surface area contributed by atoms with Crippen molar-refractivity contribution in [2.75, 3.05) is 13.7 Å². The molecule has 1 aromatic heterocycles. The molecule has 0 aliphatic carbocycles. The van der Waals surface area contributed by atoms with Crippen molar-refractivity contribution in [3.8, 4) is 11.5 Å². The predicted octanol–water partition coefficient (Wildman–Crippen LogP) is 4.00. The maximum absolute atomic E-state index is 12.9. The molecule has 2 aromatic carbocycles. The number of fused-ring (bicyclic) bond motifs is 1. The molecule has 1 heterocycles. The van der Waals surface area contributed by atoms with Gasteiger partial charge in [-0.15, -0.1) is 0 Å². The summed E-state index contributed by atoms with van der Waals surface area (Å²) in [4.78, 5) is 12.9. The highest BCUT2D eigenvalue weighted by Gasteiger charge is 2.15. The number of benzene rings is 2. The number of methoxy groups -OCH3 is 1. The van der Waals surface area contributed by atoms with Crippen LogP contribution in [0.5, 0.6) is 11.5 Å². The summed E-state index contributed by atoms with van der Waals surface area (Å²) in [5.41, 5.74) is 4.67. The van der Waals surface area contributed by atoms with E-state index in [2.05, 4.69) is 12.6 Å². The lowest BCUT2D eigenvalue weighted by molar-refractivity contribution is 0.279. The first-order chi connectivity index (χ1) is 12.4. The highest BCUT2D eigenvalue weighted by atomic mass is 16.5. The van der Waals surface area contributed by atoms with E-state index in [1.54, 1.807) is 16.2 Å². The van der Waals surface area contributed by atoms with Gasteiger partial charge >= 0.3 is 5.69 Å². The molecule has 0 fully saturated rings. The molecule has 0 aliphatic rings. The minimum atomic E-state index is -0.0962. The third-order valence-electron chi connectivity index (χ3n) is 4.57. The van der Waals surface area contributed by atoms with Crippen LogP contribution in [0.4, 0.5) is 0 Å². The first-order valence-corrected chi connectivity index (χ1v) is 8.58. The molecule has 5 heteroatoms. The minimum Gasteiger partial charge on any atom is -0.493 e. The minimum absolute atomic E-state index is 0.0962. The number of rotatable bonds is 6. The lowest BCUT2D eigenvalue weighted by Crippen LogP contribution is -2.25. The Balaban J connectivity index is 1.95. The molecule has 3 aromatic rings. The average molecular weight is 352 g/mol. The molecule has 0 aliphatic heterocycles. The van der Waals surface area contributed by atoms with Gasteiger partial charge in [0.25, 0.3) is 0 Å². The van der Waals surface area contributed by atoms with Crippen LogP contribution in [0.25, 0.3) is 16.7 Å². The number of aromatic nitrogens is 2. The van der Waals surface area contributed by atoms with Crippen molar-refractivity contribution >= 4 is 16.7 Å². The lowest BCUT2D eigenvalue weighted by Gasteiger charge is -2.11. The fourth-order valence-electron chi connectivity index (χ4n) is 3.08. The fraction of sp³-hybridized carbons (Fsp3) is 0.286. The van der Waals surface area contributed by atoms with Crippen LogP contribution in [0.2, 0.25) is 0 Å². The van der Waals surface area contributed by atoms with Gasteiger partial charge in [0.15, 0.2) is 11.5 Å². The summed E-state index contributed by atoms with van der Waals surface area (Å²) in [5, 5.41) is 0. The van der Waals surface area contributed by atoms with E-state index in [-0.39, 0.29) is 5.69 Å². The second-order valence-corrected chi connectivity index (χ2v) is 6.43. The van der Waals surface area contributed by atoms with E-state index in [4.69, 9.17) is 9.47 Å². The summed E-state index contributed by atoms with van der Waals surface area (Å²) < 4.78 is 14.5. The Morgan fingerprint density at radius 1 is 1.08 bits per heavy atom. The Labute approximate surface area is 153 Å². The summed E-state index contributed by atoms with van der Waals surface area (Å²) in [6, 6.07) is 11.6. The van der Waals surface area contributed by atoms with E-state index in [1.807, 2.05) is 51.1 Å². The maximum Gasteiger partial charge on any atom is 0.333 e. The monoisotopic (exact) mass is 352 g/mol. The highest BCUT2D eigenvalue weighted by Crippen LogP contribution is 2.26. The van der Waals surface area contributed by atoms with Crippen LogP contribution in [0, 0.1) is 13.8 Å². The molecule has 26 heavy (non-hydrogen) atoms. The van der Waals surface area contributed by atoms with E-state index in [0.29, 0.717) is 30.3 Å². The molecule has 0 atom stereocenters. The zero-order valence-corrected chi connectivity index (χ0v) is 15.7. The largest absolute Gasteiger partial charge is 0.493 e. The maximum atomic E-state index is 12.9. The molecule has 0 amide bonds. The first-order valence-electron chi connectivity index (χ1n) is 8.58. The zero-order chi connectivity index (χ0) is 18.8. The van der Waals surface area contributed by atoms with E-state index in [1.165, 1.54) is 0 Å². The van der Waals surface area contributed by atoms with Gasteiger partial charge in [-0.1, -0.05) is 18.7 Å². The van der Waals surface area contributed by atoms with E-state index in [0.717, 1.165) is 22.2 Å². The fourth-order valence-corrected chi connectivity index (χ4v) is 3.08. The average Bonchev–Trinajstić information content (AvgIpc) is 2.87. The topological polar surface area (TPSA) is 45.4 Å². The van der Waals surface area contributed by atoms with Crippen molar-refractivity contribution in [2.24, 2.45) is 0 Å². The summed E-state index contributed by atoms with van der Waals surface area (Å²) in [6.07, 6.45) is 0. The molecule has 0 N–H and O–H groups in total. The number of para-hydroxylation sites is 2. The molecule has 5 nitrogen and oxygen atoms in total. The first kappa shape index (κ1) is 17.9. The highest BCUT2D eigenvalue weighted by molar-refractivity contribution is 5.81. The van der Waals surface area contributed by atoms with Crippen LogP contribution < -0.4 is 15.2 Å². The summed E-state index contributed by atoms with van der Waals surface area (Å²) in [5.74, 6) is 1.34. The zero-order valence-electron chi connectivity index (χ0n) is 15.7. The summed E-state index contributed by atoms with van der Waals surface area (Å²) in [7, 11) is 1.61. The molecule has 0 spiro atoms. The Hall–Kier alpha value is -2.95. The number of hydrogen-bond acceptors (Lipinski definition) is 3. The van der Waals surface area contributed by atoms with Crippen LogP contribution in [0.15, 0.2) is 47.8 Å². The Kier molecular flexibility index (Phi) is 4.89. The molecule has 0 radical (unpaired) electrons. The molecule has 0 unspecified atom stereocenters. The molecule has 0 saturated carbocycles. The van der Waals surface area contributed by atoms with Gasteiger partial charge in [0.1, 0.15) is 6.61 Å². The van der Waals surface area contributed by atoms with Crippen molar-refractivity contribution in [2.45, 2.75) is 27.3 Å². The summed E-state index contributed by atoms with van der Waals surface area (Å²) >= 11 is 0. The van der Waals surface area contributed by atoms with Gasteiger partial charge in [-0.05, 0) is 56.2 Å². The van der Waals surface area contributed by atoms with E-state index < -0.39 is 0 Å². The van der Waals surface area contributed by atoms with E-state index >= 15 is 0 Å². The van der Waals surface area contributed by atoms with E-state index in [9.17, 15) is 4.79 Å². The third-order valence-corrected chi connectivity index (χ3v) is 4.57. The van der Waals surface area contributed by atoms with Gasteiger partial charge < -0.3 is 9.47 Å². The number of aryl methyl sites for hydroxylation is 2. The van der Waals surface area contributed by atoms with Crippen LogP contribution in [0.3, 0.4) is 0 Å². The van der Waals surface area contributed by atoms with Gasteiger partial charge in [0.2, 0.25) is 0 Å². The Bertz CT molecular complexity index is 1030. The number of hydrogen-bond donors (Lipinski definition) is 0.